The van der Waals surface area contributed by atoms with Crippen LogP contribution in [0.25, 0.3) is 0 Å². The largest absolute Gasteiger partial charge is 0.492 e. The van der Waals surface area contributed by atoms with E-state index in [1.54, 1.807) is 12.1 Å². The van der Waals surface area contributed by atoms with Crippen molar-refractivity contribution in [3.05, 3.63) is 53.1 Å². The molecule has 1 heterocycles. The van der Waals surface area contributed by atoms with Crippen LogP contribution in [-0.2, 0) is 6.54 Å². The maximum absolute atomic E-state index is 12.7. The third kappa shape index (κ3) is 3.02. The summed E-state index contributed by atoms with van der Waals surface area (Å²) in [7, 11) is 0. The van der Waals surface area contributed by atoms with Gasteiger partial charge in [0.1, 0.15) is 18.2 Å². The van der Waals surface area contributed by atoms with Crippen molar-refractivity contribution in [2.24, 2.45) is 0 Å². The lowest BCUT2D eigenvalue weighted by Gasteiger charge is -2.11. The molecule has 0 fully saturated rings. The van der Waals surface area contributed by atoms with E-state index in [2.05, 4.69) is 0 Å². The first-order chi connectivity index (χ1) is 9.11. The standard InChI is InChI=1S/C15H16FNO2/c1-11-9-13(10-18)12(2)17(11)7-8-19-15-5-3-14(16)4-6-15/h3-6,9-10H,7-8H2,1-2H3. The summed E-state index contributed by atoms with van der Waals surface area (Å²) in [4.78, 5) is 10.8. The van der Waals surface area contributed by atoms with Gasteiger partial charge in [0.05, 0.1) is 6.54 Å². The van der Waals surface area contributed by atoms with Gasteiger partial charge in [-0.3, -0.25) is 4.79 Å². The summed E-state index contributed by atoms with van der Waals surface area (Å²) >= 11 is 0. The second kappa shape index (κ2) is 5.69. The predicted molar refractivity (Wildman–Crippen MR) is 71.2 cm³/mol. The summed E-state index contributed by atoms with van der Waals surface area (Å²) in [5.41, 5.74) is 2.68. The van der Waals surface area contributed by atoms with Crippen LogP contribution in [0.1, 0.15) is 21.7 Å². The highest BCUT2D eigenvalue weighted by Gasteiger charge is 2.07. The number of ether oxygens (including phenoxy) is 1. The molecular weight excluding hydrogens is 245 g/mol. The van der Waals surface area contributed by atoms with Crippen LogP contribution in [0.4, 0.5) is 4.39 Å². The molecule has 0 unspecified atom stereocenters. The number of carbonyl (C=O) groups excluding carboxylic acids is 1. The van der Waals surface area contributed by atoms with Gasteiger partial charge < -0.3 is 9.30 Å². The van der Waals surface area contributed by atoms with Crippen molar-refractivity contribution in [3.8, 4) is 5.75 Å². The minimum Gasteiger partial charge on any atom is -0.492 e. The molecule has 0 atom stereocenters. The van der Waals surface area contributed by atoms with Crippen molar-refractivity contribution >= 4 is 6.29 Å². The average Bonchev–Trinajstić information content (AvgIpc) is 2.68. The molecule has 100 valence electrons. The summed E-state index contributed by atoms with van der Waals surface area (Å²) in [6.45, 7) is 5.00. The summed E-state index contributed by atoms with van der Waals surface area (Å²) in [6.07, 6.45) is 0.861. The van der Waals surface area contributed by atoms with Crippen molar-refractivity contribution in [1.29, 1.82) is 0 Å². The number of benzene rings is 1. The Kier molecular flexibility index (Phi) is 4.00. The molecule has 0 aliphatic carbocycles. The molecule has 0 amide bonds. The van der Waals surface area contributed by atoms with Crippen LogP contribution in [-0.4, -0.2) is 17.5 Å². The lowest BCUT2D eigenvalue weighted by Crippen LogP contribution is -2.11. The highest BCUT2D eigenvalue weighted by atomic mass is 19.1. The zero-order valence-corrected chi connectivity index (χ0v) is 11.0. The van der Waals surface area contributed by atoms with Gasteiger partial charge in [0.15, 0.2) is 6.29 Å². The number of nitrogens with zero attached hydrogens (tertiary/aromatic N) is 1. The Morgan fingerprint density at radius 1 is 1.26 bits per heavy atom. The Balaban J connectivity index is 1.97. The number of aryl methyl sites for hydroxylation is 1. The number of aromatic nitrogens is 1. The maximum Gasteiger partial charge on any atom is 0.151 e. The molecule has 4 heteroatoms. The second-order valence-corrected chi connectivity index (χ2v) is 4.40. The van der Waals surface area contributed by atoms with Crippen LogP contribution >= 0.6 is 0 Å². The minimum atomic E-state index is -0.278. The first-order valence-corrected chi connectivity index (χ1v) is 6.12. The number of hydrogen-bond acceptors (Lipinski definition) is 2. The molecule has 2 aromatic rings. The van der Waals surface area contributed by atoms with Crippen LogP contribution in [0.15, 0.2) is 30.3 Å². The van der Waals surface area contributed by atoms with Gasteiger partial charge in [-0.05, 0) is 44.2 Å². The maximum atomic E-state index is 12.7. The quantitative estimate of drug-likeness (QED) is 0.774. The first kappa shape index (κ1) is 13.3. The van der Waals surface area contributed by atoms with Crippen LogP contribution in [0.2, 0.25) is 0 Å². The summed E-state index contributed by atoms with van der Waals surface area (Å²) in [5, 5.41) is 0. The minimum absolute atomic E-state index is 0.278. The number of aldehydes is 1. The average molecular weight is 261 g/mol. The van der Waals surface area contributed by atoms with Gasteiger partial charge >= 0.3 is 0 Å². The third-order valence-corrected chi connectivity index (χ3v) is 3.14. The van der Waals surface area contributed by atoms with E-state index in [1.807, 2.05) is 24.5 Å². The topological polar surface area (TPSA) is 31.2 Å². The summed E-state index contributed by atoms with van der Waals surface area (Å²) in [6, 6.07) is 7.79. The molecule has 2 rings (SSSR count). The highest BCUT2D eigenvalue weighted by molar-refractivity contribution is 5.77. The molecule has 3 nitrogen and oxygen atoms in total. The Morgan fingerprint density at radius 3 is 2.53 bits per heavy atom. The van der Waals surface area contributed by atoms with Gasteiger partial charge in [-0.15, -0.1) is 0 Å². The summed E-state index contributed by atoms with van der Waals surface area (Å²) in [5.74, 6) is 0.361. The molecule has 1 aromatic carbocycles. The van der Waals surface area contributed by atoms with E-state index in [9.17, 15) is 9.18 Å². The molecule has 0 saturated heterocycles. The second-order valence-electron chi connectivity index (χ2n) is 4.40. The SMILES string of the molecule is Cc1cc(C=O)c(C)n1CCOc1ccc(F)cc1. The molecule has 0 aliphatic heterocycles. The zero-order valence-electron chi connectivity index (χ0n) is 11.0. The highest BCUT2D eigenvalue weighted by Crippen LogP contribution is 2.14. The van der Waals surface area contributed by atoms with Crippen molar-refractivity contribution in [3.63, 3.8) is 0 Å². The number of halogens is 1. The summed E-state index contributed by atoms with van der Waals surface area (Å²) < 4.78 is 20.3. The fourth-order valence-corrected chi connectivity index (χ4v) is 2.08. The predicted octanol–water partition coefficient (Wildman–Crippen LogP) is 3.14. The molecule has 19 heavy (non-hydrogen) atoms. The van der Waals surface area contributed by atoms with Crippen molar-refractivity contribution < 1.29 is 13.9 Å². The zero-order chi connectivity index (χ0) is 13.8. The number of hydrogen-bond donors (Lipinski definition) is 0. The Labute approximate surface area is 111 Å². The number of carbonyl (C=O) groups is 1. The van der Waals surface area contributed by atoms with E-state index < -0.39 is 0 Å². The fraction of sp³-hybridized carbons (Fsp3) is 0.267. The molecule has 0 N–H and O–H groups in total. The van der Waals surface area contributed by atoms with Gasteiger partial charge in [0.2, 0.25) is 0 Å². The van der Waals surface area contributed by atoms with Gasteiger partial charge in [0, 0.05) is 17.0 Å². The number of rotatable bonds is 5. The van der Waals surface area contributed by atoms with Gasteiger partial charge in [-0.25, -0.2) is 4.39 Å². The normalized spacial score (nSPS) is 10.5. The fourth-order valence-electron chi connectivity index (χ4n) is 2.08. The van der Waals surface area contributed by atoms with E-state index >= 15 is 0 Å². The third-order valence-electron chi connectivity index (χ3n) is 3.14. The Hall–Kier alpha value is -2.10. The van der Waals surface area contributed by atoms with Gasteiger partial charge in [0.25, 0.3) is 0 Å². The van der Waals surface area contributed by atoms with Crippen LogP contribution in [0.3, 0.4) is 0 Å². The molecular formula is C15H16FNO2. The van der Waals surface area contributed by atoms with Crippen molar-refractivity contribution in [2.45, 2.75) is 20.4 Å². The van der Waals surface area contributed by atoms with Crippen LogP contribution in [0, 0.1) is 19.7 Å². The first-order valence-electron chi connectivity index (χ1n) is 6.12. The van der Waals surface area contributed by atoms with E-state index in [4.69, 9.17) is 4.74 Å². The lowest BCUT2D eigenvalue weighted by atomic mass is 10.3. The van der Waals surface area contributed by atoms with E-state index in [-0.39, 0.29) is 5.82 Å². The Morgan fingerprint density at radius 2 is 1.95 bits per heavy atom. The molecule has 0 bridgehead atoms. The molecule has 0 spiro atoms. The monoisotopic (exact) mass is 261 g/mol. The Bertz CT molecular complexity index is 573. The van der Waals surface area contributed by atoms with E-state index in [0.717, 1.165) is 17.7 Å². The van der Waals surface area contributed by atoms with Crippen molar-refractivity contribution in [1.82, 2.24) is 4.57 Å². The van der Waals surface area contributed by atoms with Crippen LogP contribution < -0.4 is 4.74 Å². The molecule has 1 aromatic heterocycles. The van der Waals surface area contributed by atoms with Gasteiger partial charge in [-0.2, -0.15) is 0 Å². The lowest BCUT2D eigenvalue weighted by molar-refractivity contribution is 0.112. The van der Waals surface area contributed by atoms with Crippen molar-refractivity contribution in [2.75, 3.05) is 6.61 Å². The van der Waals surface area contributed by atoms with E-state index in [1.165, 1.54) is 12.1 Å². The molecule has 0 radical (unpaired) electrons. The molecule has 0 saturated carbocycles. The van der Waals surface area contributed by atoms with Gasteiger partial charge in [-0.1, -0.05) is 0 Å². The van der Waals surface area contributed by atoms with E-state index in [0.29, 0.717) is 24.5 Å². The smallest absolute Gasteiger partial charge is 0.151 e. The van der Waals surface area contributed by atoms with Crippen LogP contribution in [0.5, 0.6) is 5.75 Å². The molecule has 0 aliphatic rings.